The molecule has 1 rings (SSSR count). The van der Waals surface area contributed by atoms with Gasteiger partial charge in [-0.1, -0.05) is 25.4 Å². The summed E-state index contributed by atoms with van der Waals surface area (Å²) in [5.74, 6) is 0. The number of aliphatic hydroxyl groups excluding tert-OH is 1. The van der Waals surface area contributed by atoms with E-state index in [9.17, 15) is 0 Å². The summed E-state index contributed by atoms with van der Waals surface area (Å²) in [5.41, 5.74) is -0.0545. The SMILES string of the molecule is CC(C)(CO)CNCc1ccc(Cl)s1. The van der Waals surface area contributed by atoms with Gasteiger partial charge in [-0.3, -0.25) is 0 Å². The number of nitrogens with one attached hydrogen (secondary N) is 1. The van der Waals surface area contributed by atoms with Gasteiger partial charge in [0.2, 0.25) is 0 Å². The van der Waals surface area contributed by atoms with Crippen LogP contribution in [0.5, 0.6) is 0 Å². The fraction of sp³-hybridized carbons (Fsp3) is 0.600. The summed E-state index contributed by atoms with van der Waals surface area (Å²) < 4.78 is 0.822. The predicted molar refractivity (Wildman–Crippen MR) is 61.9 cm³/mol. The molecule has 1 heterocycles. The first-order valence-corrected chi connectivity index (χ1v) is 5.79. The first-order chi connectivity index (χ1) is 6.53. The lowest BCUT2D eigenvalue weighted by Gasteiger charge is -2.21. The Morgan fingerprint density at radius 1 is 1.50 bits per heavy atom. The molecule has 2 N–H and O–H groups in total. The van der Waals surface area contributed by atoms with E-state index in [2.05, 4.69) is 5.32 Å². The molecule has 0 saturated heterocycles. The zero-order valence-corrected chi connectivity index (χ0v) is 10.1. The van der Waals surface area contributed by atoms with Gasteiger partial charge in [-0.15, -0.1) is 11.3 Å². The van der Waals surface area contributed by atoms with Crippen molar-refractivity contribution in [1.29, 1.82) is 0 Å². The van der Waals surface area contributed by atoms with E-state index in [1.807, 2.05) is 26.0 Å². The van der Waals surface area contributed by atoms with Crippen molar-refractivity contribution in [3.05, 3.63) is 21.3 Å². The van der Waals surface area contributed by atoms with Crippen molar-refractivity contribution < 1.29 is 5.11 Å². The van der Waals surface area contributed by atoms with Crippen molar-refractivity contribution >= 4 is 22.9 Å². The Morgan fingerprint density at radius 2 is 2.21 bits per heavy atom. The Bertz CT molecular complexity index is 285. The number of hydrogen-bond acceptors (Lipinski definition) is 3. The van der Waals surface area contributed by atoms with E-state index < -0.39 is 0 Å². The number of hydrogen-bond donors (Lipinski definition) is 2. The summed E-state index contributed by atoms with van der Waals surface area (Å²) in [4.78, 5) is 1.23. The molecule has 14 heavy (non-hydrogen) atoms. The molecule has 0 spiro atoms. The third-order valence-corrected chi connectivity index (χ3v) is 3.19. The number of rotatable bonds is 5. The van der Waals surface area contributed by atoms with E-state index in [1.54, 1.807) is 11.3 Å². The summed E-state index contributed by atoms with van der Waals surface area (Å²) in [6, 6.07) is 3.92. The molecular formula is C10H16ClNOS. The first-order valence-electron chi connectivity index (χ1n) is 4.59. The van der Waals surface area contributed by atoms with E-state index in [-0.39, 0.29) is 12.0 Å². The minimum Gasteiger partial charge on any atom is -0.396 e. The smallest absolute Gasteiger partial charge is 0.0931 e. The maximum Gasteiger partial charge on any atom is 0.0931 e. The molecule has 0 unspecified atom stereocenters. The van der Waals surface area contributed by atoms with Crippen LogP contribution in [0.2, 0.25) is 4.34 Å². The van der Waals surface area contributed by atoms with Crippen molar-refractivity contribution in [2.75, 3.05) is 13.2 Å². The van der Waals surface area contributed by atoms with E-state index in [0.29, 0.717) is 0 Å². The molecule has 80 valence electrons. The van der Waals surface area contributed by atoms with Crippen LogP contribution in [0.1, 0.15) is 18.7 Å². The molecule has 0 aromatic carbocycles. The van der Waals surface area contributed by atoms with Gasteiger partial charge in [-0.2, -0.15) is 0 Å². The topological polar surface area (TPSA) is 32.3 Å². The Morgan fingerprint density at radius 3 is 2.71 bits per heavy atom. The highest BCUT2D eigenvalue weighted by Gasteiger charge is 2.15. The Hall–Kier alpha value is -0.0900. The van der Waals surface area contributed by atoms with Gasteiger partial charge in [0.05, 0.1) is 4.34 Å². The molecule has 2 nitrogen and oxygen atoms in total. The molecule has 1 aromatic rings. The normalized spacial score (nSPS) is 12.0. The molecule has 0 atom stereocenters. The van der Waals surface area contributed by atoms with Crippen LogP contribution in [-0.2, 0) is 6.54 Å². The van der Waals surface area contributed by atoms with Crippen molar-refractivity contribution in [2.24, 2.45) is 5.41 Å². The lowest BCUT2D eigenvalue weighted by Crippen LogP contribution is -2.31. The predicted octanol–water partition coefficient (Wildman–Crippen LogP) is 2.51. The minimum absolute atomic E-state index is 0.0545. The maximum absolute atomic E-state index is 9.04. The van der Waals surface area contributed by atoms with E-state index >= 15 is 0 Å². The zero-order chi connectivity index (χ0) is 10.6. The van der Waals surface area contributed by atoms with Gasteiger partial charge in [-0.25, -0.2) is 0 Å². The molecule has 1 aromatic heterocycles. The number of aliphatic hydroxyl groups is 1. The lowest BCUT2D eigenvalue weighted by atomic mass is 9.95. The summed E-state index contributed by atoms with van der Waals surface area (Å²) in [6.07, 6.45) is 0. The van der Waals surface area contributed by atoms with Crippen LogP contribution < -0.4 is 5.32 Å². The molecule has 0 bridgehead atoms. The Kier molecular flexibility index (Phi) is 4.38. The van der Waals surface area contributed by atoms with Gasteiger partial charge < -0.3 is 10.4 Å². The molecule has 0 saturated carbocycles. The maximum atomic E-state index is 9.04. The van der Waals surface area contributed by atoms with Crippen LogP contribution in [0, 0.1) is 5.41 Å². The van der Waals surface area contributed by atoms with Crippen molar-refractivity contribution in [2.45, 2.75) is 20.4 Å². The molecule has 0 amide bonds. The largest absolute Gasteiger partial charge is 0.396 e. The highest BCUT2D eigenvalue weighted by Crippen LogP contribution is 2.21. The fourth-order valence-corrected chi connectivity index (χ4v) is 2.08. The van der Waals surface area contributed by atoms with Gasteiger partial charge in [0, 0.05) is 30.0 Å². The monoisotopic (exact) mass is 233 g/mol. The summed E-state index contributed by atoms with van der Waals surface area (Å²) >= 11 is 7.39. The van der Waals surface area contributed by atoms with Crippen molar-refractivity contribution in [3.63, 3.8) is 0 Å². The van der Waals surface area contributed by atoms with Crippen LogP contribution >= 0.6 is 22.9 Å². The van der Waals surface area contributed by atoms with Crippen LogP contribution in [0.3, 0.4) is 0 Å². The molecule has 0 aliphatic rings. The molecule has 0 radical (unpaired) electrons. The average molecular weight is 234 g/mol. The third kappa shape index (κ3) is 3.96. The van der Waals surface area contributed by atoms with Gasteiger partial charge in [0.15, 0.2) is 0 Å². The van der Waals surface area contributed by atoms with Crippen LogP contribution in [0.15, 0.2) is 12.1 Å². The second kappa shape index (κ2) is 5.12. The van der Waals surface area contributed by atoms with Gasteiger partial charge in [0.1, 0.15) is 0 Å². The van der Waals surface area contributed by atoms with Crippen LogP contribution in [0.4, 0.5) is 0 Å². The Labute approximate surface area is 93.9 Å². The van der Waals surface area contributed by atoms with Crippen LogP contribution in [0.25, 0.3) is 0 Å². The molecule has 4 heteroatoms. The van der Waals surface area contributed by atoms with Crippen molar-refractivity contribution in [1.82, 2.24) is 5.32 Å². The standard InChI is InChI=1S/C10H16ClNOS/c1-10(2,7-13)6-12-5-8-3-4-9(11)14-8/h3-4,12-13H,5-7H2,1-2H3. The summed E-state index contributed by atoms with van der Waals surface area (Å²) in [7, 11) is 0. The number of thiophene rings is 1. The second-order valence-corrected chi connectivity index (χ2v) is 5.93. The molecule has 0 aliphatic heterocycles. The van der Waals surface area contributed by atoms with E-state index in [0.717, 1.165) is 17.4 Å². The molecule has 0 aliphatic carbocycles. The quantitative estimate of drug-likeness (QED) is 0.819. The van der Waals surface area contributed by atoms with Gasteiger partial charge >= 0.3 is 0 Å². The van der Waals surface area contributed by atoms with E-state index in [1.165, 1.54) is 4.88 Å². The van der Waals surface area contributed by atoms with E-state index in [4.69, 9.17) is 16.7 Å². The third-order valence-electron chi connectivity index (χ3n) is 1.96. The fourth-order valence-electron chi connectivity index (χ4n) is 1.03. The molecular weight excluding hydrogens is 218 g/mol. The lowest BCUT2D eigenvalue weighted by molar-refractivity contribution is 0.157. The highest BCUT2D eigenvalue weighted by atomic mass is 35.5. The Balaban J connectivity index is 2.28. The van der Waals surface area contributed by atoms with Crippen LogP contribution in [-0.4, -0.2) is 18.3 Å². The number of halogens is 1. The molecule has 0 fully saturated rings. The average Bonchev–Trinajstić information content (AvgIpc) is 2.51. The summed E-state index contributed by atoms with van der Waals surface area (Å²) in [5, 5.41) is 12.3. The van der Waals surface area contributed by atoms with Crippen molar-refractivity contribution in [3.8, 4) is 0 Å². The second-order valence-electron chi connectivity index (χ2n) is 4.13. The van der Waals surface area contributed by atoms with Gasteiger partial charge in [-0.05, 0) is 12.1 Å². The zero-order valence-electron chi connectivity index (χ0n) is 8.51. The highest BCUT2D eigenvalue weighted by molar-refractivity contribution is 7.16. The first kappa shape index (κ1) is 12.0. The minimum atomic E-state index is -0.0545. The van der Waals surface area contributed by atoms with Gasteiger partial charge in [0.25, 0.3) is 0 Å². The summed E-state index contributed by atoms with van der Waals surface area (Å²) in [6.45, 7) is 5.88.